The minimum atomic E-state index is -0.612. The fourth-order valence-corrected chi connectivity index (χ4v) is 3.24. The van der Waals surface area contributed by atoms with Gasteiger partial charge in [0.1, 0.15) is 0 Å². The van der Waals surface area contributed by atoms with Gasteiger partial charge in [-0.05, 0) is 18.8 Å². The molecule has 1 N–H and O–H groups in total. The lowest BCUT2D eigenvalue weighted by Crippen LogP contribution is -2.49. The van der Waals surface area contributed by atoms with Gasteiger partial charge >= 0.3 is 0 Å². The van der Waals surface area contributed by atoms with Crippen molar-refractivity contribution in [3.63, 3.8) is 0 Å². The normalized spacial score (nSPS) is 48.9. The van der Waals surface area contributed by atoms with Crippen molar-refractivity contribution in [3.05, 3.63) is 0 Å². The lowest BCUT2D eigenvalue weighted by atomic mass is 9.75. The molecule has 3 saturated heterocycles. The fourth-order valence-electron chi connectivity index (χ4n) is 3.24. The van der Waals surface area contributed by atoms with Crippen molar-refractivity contribution in [1.82, 2.24) is 0 Å². The Morgan fingerprint density at radius 3 is 2.50 bits per heavy atom. The molecule has 0 radical (unpaired) electrons. The van der Waals surface area contributed by atoms with E-state index in [1.807, 2.05) is 0 Å². The average molecular weight is 228 g/mol. The number of rotatable bonds is 1. The maximum absolute atomic E-state index is 10.5. The van der Waals surface area contributed by atoms with E-state index in [-0.39, 0.29) is 5.60 Å². The molecule has 4 heteroatoms. The molecule has 3 atom stereocenters. The second-order valence-electron chi connectivity index (χ2n) is 5.43. The molecule has 0 saturated carbocycles. The summed E-state index contributed by atoms with van der Waals surface area (Å²) in [5, 5.41) is 10.5. The molecule has 1 spiro atoms. The Kier molecular flexibility index (Phi) is 2.70. The zero-order valence-electron chi connectivity index (χ0n) is 9.61. The molecular formula is C12H20O4. The first kappa shape index (κ1) is 11.0. The minimum Gasteiger partial charge on any atom is -0.387 e. The van der Waals surface area contributed by atoms with E-state index >= 15 is 0 Å². The molecule has 92 valence electrons. The zero-order chi connectivity index (χ0) is 11.1. The van der Waals surface area contributed by atoms with Gasteiger partial charge in [0.25, 0.3) is 0 Å². The number of hydrogen-bond acceptors (Lipinski definition) is 4. The van der Waals surface area contributed by atoms with Crippen LogP contribution in [0.3, 0.4) is 0 Å². The van der Waals surface area contributed by atoms with Crippen LogP contribution in [-0.2, 0) is 14.2 Å². The molecule has 3 fully saturated rings. The van der Waals surface area contributed by atoms with Crippen molar-refractivity contribution in [2.75, 3.05) is 33.0 Å². The molecule has 0 aromatic heterocycles. The molecule has 3 rings (SSSR count). The summed E-state index contributed by atoms with van der Waals surface area (Å²) < 4.78 is 16.7. The van der Waals surface area contributed by atoms with Gasteiger partial charge in [-0.15, -0.1) is 0 Å². The van der Waals surface area contributed by atoms with Crippen LogP contribution in [0.2, 0.25) is 0 Å². The summed E-state index contributed by atoms with van der Waals surface area (Å²) in [6.07, 6.45) is 3.61. The van der Waals surface area contributed by atoms with Gasteiger partial charge in [0.2, 0.25) is 0 Å². The third kappa shape index (κ3) is 1.78. The van der Waals surface area contributed by atoms with E-state index in [0.717, 1.165) is 38.9 Å². The zero-order valence-corrected chi connectivity index (χ0v) is 9.61. The lowest BCUT2D eigenvalue weighted by molar-refractivity contribution is -0.142. The molecule has 3 unspecified atom stereocenters. The third-order valence-electron chi connectivity index (χ3n) is 4.35. The van der Waals surface area contributed by atoms with Gasteiger partial charge in [-0.3, -0.25) is 0 Å². The predicted octanol–water partition coefficient (Wildman–Crippen LogP) is 0.724. The average Bonchev–Trinajstić information content (AvgIpc) is 2.90. The molecule has 4 nitrogen and oxygen atoms in total. The molecule has 3 heterocycles. The Hall–Kier alpha value is -0.160. The Morgan fingerprint density at radius 1 is 1.00 bits per heavy atom. The molecule has 0 aliphatic carbocycles. The summed E-state index contributed by atoms with van der Waals surface area (Å²) in [5.74, 6) is 0.311. The first-order valence-corrected chi connectivity index (χ1v) is 6.24. The molecule has 3 aliphatic rings. The number of ether oxygens (including phenoxy) is 3. The molecule has 0 aromatic carbocycles. The highest BCUT2D eigenvalue weighted by Crippen LogP contribution is 2.42. The highest BCUT2D eigenvalue weighted by molar-refractivity contribution is 4.98. The molecular weight excluding hydrogens is 208 g/mol. The quantitative estimate of drug-likeness (QED) is 0.718. The van der Waals surface area contributed by atoms with Crippen LogP contribution in [0.15, 0.2) is 0 Å². The molecule has 16 heavy (non-hydrogen) atoms. The highest BCUT2D eigenvalue weighted by Gasteiger charge is 2.49. The van der Waals surface area contributed by atoms with Crippen molar-refractivity contribution >= 4 is 0 Å². The topological polar surface area (TPSA) is 47.9 Å². The number of aliphatic hydroxyl groups is 1. The molecule has 3 aliphatic heterocycles. The van der Waals surface area contributed by atoms with Crippen molar-refractivity contribution in [3.8, 4) is 0 Å². The van der Waals surface area contributed by atoms with Crippen LogP contribution in [0.1, 0.15) is 25.7 Å². The maximum Gasteiger partial charge on any atom is 0.0940 e. The summed E-state index contributed by atoms with van der Waals surface area (Å²) >= 11 is 0. The van der Waals surface area contributed by atoms with Gasteiger partial charge in [-0.25, -0.2) is 0 Å². The van der Waals surface area contributed by atoms with Crippen molar-refractivity contribution in [2.45, 2.75) is 36.9 Å². The van der Waals surface area contributed by atoms with Crippen LogP contribution < -0.4 is 0 Å². The van der Waals surface area contributed by atoms with Crippen LogP contribution in [0, 0.1) is 5.92 Å². The van der Waals surface area contributed by atoms with E-state index in [1.165, 1.54) is 0 Å². The maximum atomic E-state index is 10.5. The Labute approximate surface area is 95.9 Å². The largest absolute Gasteiger partial charge is 0.387 e. The van der Waals surface area contributed by atoms with E-state index in [9.17, 15) is 5.11 Å². The van der Waals surface area contributed by atoms with Gasteiger partial charge in [0.15, 0.2) is 0 Å². The van der Waals surface area contributed by atoms with Crippen LogP contribution >= 0.6 is 0 Å². The van der Waals surface area contributed by atoms with Crippen LogP contribution in [-0.4, -0.2) is 49.3 Å². The van der Waals surface area contributed by atoms with Gasteiger partial charge in [-0.2, -0.15) is 0 Å². The Bertz CT molecular complexity index is 244. The SMILES string of the molecule is OC1(C2CCOC3(CCOC3)C2)CCOC1. The van der Waals surface area contributed by atoms with E-state index in [4.69, 9.17) is 14.2 Å². The van der Waals surface area contributed by atoms with Gasteiger partial charge in [-0.1, -0.05) is 0 Å². The first-order valence-electron chi connectivity index (χ1n) is 6.24. The molecule has 0 aromatic rings. The van der Waals surface area contributed by atoms with Crippen LogP contribution in [0.5, 0.6) is 0 Å². The first-order chi connectivity index (χ1) is 7.73. The third-order valence-corrected chi connectivity index (χ3v) is 4.35. The Morgan fingerprint density at radius 2 is 1.81 bits per heavy atom. The minimum absolute atomic E-state index is 0.110. The standard InChI is InChI=1S/C12H20O4/c13-12(3-6-15-9-12)10-1-4-16-11(7-10)2-5-14-8-11/h10,13H,1-9H2. The smallest absolute Gasteiger partial charge is 0.0940 e. The van der Waals surface area contributed by atoms with Gasteiger partial charge in [0.05, 0.1) is 24.4 Å². The summed E-state index contributed by atoms with van der Waals surface area (Å²) in [6, 6.07) is 0. The van der Waals surface area contributed by atoms with E-state index in [1.54, 1.807) is 0 Å². The van der Waals surface area contributed by atoms with E-state index < -0.39 is 5.60 Å². The summed E-state index contributed by atoms with van der Waals surface area (Å²) in [6.45, 7) is 3.42. The van der Waals surface area contributed by atoms with Crippen LogP contribution in [0.4, 0.5) is 0 Å². The van der Waals surface area contributed by atoms with Crippen LogP contribution in [0.25, 0.3) is 0 Å². The van der Waals surface area contributed by atoms with Gasteiger partial charge in [0, 0.05) is 32.7 Å². The predicted molar refractivity (Wildman–Crippen MR) is 57.2 cm³/mol. The van der Waals surface area contributed by atoms with E-state index in [2.05, 4.69) is 0 Å². The second-order valence-corrected chi connectivity index (χ2v) is 5.43. The summed E-state index contributed by atoms with van der Waals surface area (Å²) in [4.78, 5) is 0. The second kappa shape index (κ2) is 3.95. The number of hydrogen-bond donors (Lipinski definition) is 1. The molecule has 0 bridgehead atoms. The van der Waals surface area contributed by atoms with E-state index in [0.29, 0.717) is 25.7 Å². The molecule has 0 amide bonds. The van der Waals surface area contributed by atoms with Gasteiger partial charge < -0.3 is 19.3 Å². The summed E-state index contributed by atoms with van der Waals surface area (Å²) in [7, 11) is 0. The van der Waals surface area contributed by atoms with Crippen molar-refractivity contribution in [2.24, 2.45) is 5.92 Å². The van der Waals surface area contributed by atoms with Crippen molar-refractivity contribution in [1.29, 1.82) is 0 Å². The fraction of sp³-hybridized carbons (Fsp3) is 1.00. The highest BCUT2D eigenvalue weighted by atomic mass is 16.6. The monoisotopic (exact) mass is 228 g/mol. The Balaban J connectivity index is 1.72. The summed E-state index contributed by atoms with van der Waals surface area (Å²) in [5.41, 5.74) is -0.722. The van der Waals surface area contributed by atoms with Crippen molar-refractivity contribution < 1.29 is 19.3 Å². The lowest BCUT2D eigenvalue weighted by Gasteiger charge is -2.42.